The van der Waals surface area contributed by atoms with E-state index < -0.39 is 0 Å². The van der Waals surface area contributed by atoms with E-state index in [2.05, 4.69) is 34.6 Å². The van der Waals surface area contributed by atoms with Crippen LogP contribution in [-0.2, 0) is 0 Å². The lowest BCUT2D eigenvalue weighted by Gasteiger charge is -2.69. The summed E-state index contributed by atoms with van der Waals surface area (Å²) in [5.74, 6) is 3.52. The van der Waals surface area contributed by atoms with Gasteiger partial charge >= 0.3 is 0 Å². The molecule has 192 valence electrons. The van der Waals surface area contributed by atoms with E-state index in [1.165, 1.54) is 57.8 Å². The molecule has 4 aliphatic carbocycles. The smallest absolute Gasteiger partial charge is 0.0481 e. The first kappa shape index (κ1) is 26.0. The minimum Gasteiger partial charge on any atom is -0.396 e. The number of hydrogen-bond donors (Lipinski definition) is 3. The Morgan fingerprint density at radius 1 is 0.697 bits per heavy atom. The summed E-state index contributed by atoms with van der Waals surface area (Å²) in [5.41, 5.74) is 1.83. The monoisotopic (exact) mass is 462 g/mol. The molecule has 3 heteroatoms. The minimum absolute atomic E-state index is 0.00297. The highest BCUT2D eigenvalue weighted by Gasteiger charge is 2.67. The van der Waals surface area contributed by atoms with Crippen LogP contribution in [0, 0.1) is 57.2 Å². The average molecular weight is 463 g/mol. The molecular formula is C30H54O3. The second-order valence-electron chi connectivity index (χ2n) is 14.3. The summed E-state index contributed by atoms with van der Waals surface area (Å²) in [4.78, 5) is 0. The van der Waals surface area contributed by atoms with Gasteiger partial charge in [-0.05, 0) is 115 Å². The molecule has 3 nitrogen and oxygen atoms in total. The molecule has 0 aliphatic heterocycles. The normalized spacial score (nSPS) is 45.4. The second-order valence-corrected chi connectivity index (χ2v) is 14.3. The SMILES string of the molecule is CC1(C)CCC[C@]2(C)[C@H]3CC[C@H]4[C@@H]([C@H](CO)CCCC(CO)CO)CC[C@]4(C)[C@@]3(C)CC[C@@H]12. The summed E-state index contributed by atoms with van der Waals surface area (Å²) in [5, 5.41) is 29.2. The van der Waals surface area contributed by atoms with E-state index in [9.17, 15) is 15.3 Å². The predicted octanol–water partition coefficient (Wildman–Crippen LogP) is 6.44. The quantitative estimate of drug-likeness (QED) is 0.389. The van der Waals surface area contributed by atoms with Crippen molar-refractivity contribution in [1.29, 1.82) is 0 Å². The fourth-order valence-corrected chi connectivity index (χ4v) is 10.8. The van der Waals surface area contributed by atoms with Crippen molar-refractivity contribution in [3.8, 4) is 0 Å². The van der Waals surface area contributed by atoms with Gasteiger partial charge in [-0.25, -0.2) is 0 Å². The Bertz CT molecular complexity index is 671. The highest BCUT2D eigenvalue weighted by Crippen LogP contribution is 2.75. The summed E-state index contributed by atoms with van der Waals surface area (Å²) in [6, 6.07) is 0. The zero-order valence-electron chi connectivity index (χ0n) is 22.4. The van der Waals surface area contributed by atoms with Crippen molar-refractivity contribution in [3.05, 3.63) is 0 Å². The first-order valence-corrected chi connectivity index (χ1v) is 14.4. The summed E-state index contributed by atoms with van der Waals surface area (Å²) in [7, 11) is 0. The third kappa shape index (κ3) is 4.05. The Balaban J connectivity index is 1.52. The van der Waals surface area contributed by atoms with Crippen molar-refractivity contribution in [2.75, 3.05) is 19.8 Å². The molecule has 0 bridgehead atoms. The first-order chi connectivity index (χ1) is 15.6. The minimum atomic E-state index is 0.00297. The molecule has 3 N–H and O–H groups in total. The number of aliphatic hydroxyl groups is 3. The van der Waals surface area contributed by atoms with Crippen molar-refractivity contribution < 1.29 is 15.3 Å². The molecule has 4 aliphatic rings. The molecule has 0 heterocycles. The topological polar surface area (TPSA) is 60.7 Å². The molecule has 4 rings (SSSR count). The zero-order valence-corrected chi connectivity index (χ0v) is 22.4. The Hall–Kier alpha value is -0.120. The third-order valence-electron chi connectivity index (χ3n) is 12.7. The van der Waals surface area contributed by atoms with E-state index in [1.54, 1.807) is 0 Å². The average Bonchev–Trinajstić information content (AvgIpc) is 3.11. The van der Waals surface area contributed by atoms with Crippen LogP contribution in [0.25, 0.3) is 0 Å². The zero-order chi connectivity index (χ0) is 24.1. The van der Waals surface area contributed by atoms with Gasteiger partial charge in [-0.3, -0.25) is 0 Å². The van der Waals surface area contributed by atoms with Gasteiger partial charge in [0.25, 0.3) is 0 Å². The van der Waals surface area contributed by atoms with Gasteiger partial charge in [0.15, 0.2) is 0 Å². The molecule has 0 aromatic carbocycles. The van der Waals surface area contributed by atoms with Gasteiger partial charge in [-0.1, -0.05) is 47.5 Å². The van der Waals surface area contributed by atoms with Gasteiger partial charge in [-0.2, -0.15) is 0 Å². The van der Waals surface area contributed by atoms with Crippen LogP contribution in [0.2, 0.25) is 0 Å². The van der Waals surface area contributed by atoms with Crippen LogP contribution in [0.3, 0.4) is 0 Å². The molecule has 0 spiro atoms. The lowest BCUT2D eigenvalue weighted by Crippen LogP contribution is -2.62. The van der Waals surface area contributed by atoms with Crippen molar-refractivity contribution in [3.63, 3.8) is 0 Å². The van der Waals surface area contributed by atoms with E-state index >= 15 is 0 Å². The molecular weight excluding hydrogens is 408 g/mol. The van der Waals surface area contributed by atoms with Crippen LogP contribution in [0.5, 0.6) is 0 Å². The summed E-state index contributed by atoms with van der Waals surface area (Å²) in [6.45, 7) is 13.6. The molecule has 4 saturated carbocycles. The Morgan fingerprint density at radius 3 is 2.06 bits per heavy atom. The van der Waals surface area contributed by atoms with Crippen LogP contribution >= 0.6 is 0 Å². The van der Waals surface area contributed by atoms with Gasteiger partial charge in [0.05, 0.1) is 0 Å². The van der Waals surface area contributed by atoms with Gasteiger partial charge in [0, 0.05) is 25.7 Å². The largest absolute Gasteiger partial charge is 0.396 e. The Labute approximate surface area is 204 Å². The highest BCUT2D eigenvalue weighted by atomic mass is 16.3. The fraction of sp³-hybridized carbons (Fsp3) is 1.00. The molecule has 0 aromatic rings. The third-order valence-corrected chi connectivity index (χ3v) is 12.7. The Kier molecular flexibility index (Phi) is 7.39. The van der Waals surface area contributed by atoms with Gasteiger partial charge in [0.2, 0.25) is 0 Å². The summed E-state index contributed by atoms with van der Waals surface area (Å²) in [6.07, 6.45) is 15.3. The molecule has 0 aromatic heterocycles. The van der Waals surface area contributed by atoms with Gasteiger partial charge < -0.3 is 15.3 Å². The van der Waals surface area contributed by atoms with Crippen LogP contribution in [-0.4, -0.2) is 35.1 Å². The van der Waals surface area contributed by atoms with E-state index in [0.717, 1.165) is 37.0 Å². The van der Waals surface area contributed by atoms with Crippen LogP contribution < -0.4 is 0 Å². The van der Waals surface area contributed by atoms with E-state index in [1.807, 2.05) is 0 Å². The molecule has 0 amide bonds. The van der Waals surface area contributed by atoms with Gasteiger partial charge in [-0.15, -0.1) is 0 Å². The molecule has 0 radical (unpaired) electrons. The van der Waals surface area contributed by atoms with Crippen molar-refractivity contribution in [2.24, 2.45) is 57.2 Å². The Morgan fingerprint density at radius 2 is 1.39 bits per heavy atom. The molecule has 0 saturated heterocycles. The van der Waals surface area contributed by atoms with Crippen molar-refractivity contribution >= 4 is 0 Å². The first-order valence-electron chi connectivity index (χ1n) is 14.4. The van der Waals surface area contributed by atoms with Crippen LogP contribution in [0.4, 0.5) is 0 Å². The maximum absolute atomic E-state index is 10.4. The molecule has 0 unspecified atom stereocenters. The molecule has 8 atom stereocenters. The van der Waals surface area contributed by atoms with Crippen molar-refractivity contribution in [1.82, 2.24) is 0 Å². The maximum Gasteiger partial charge on any atom is 0.0481 e. The highest BCUT2D eigenvalue weighted by molar-refractivity contribution is 5.16. The predicted molar refractivity (Wildman–Crippen MR) is 136 cm³/mol. The number of rotatable bonds is 8. The van der Waals surface area contributed by atoms with Crippen molar-refractivity contribution in [2.45, 2.75) is 112 Å². The van der Waals surface area contributed by atoms with E-state index in [-0.39, 0.29) is 19.1 Å². The molecule has 33 heavy (non-hydrogen) atoms. The number of aliphatic hydroxyl groups excluding tert-OH is 3. The van der Waals surface area contributed by atoms with Gasteiger partial charge in [0.1, 0.15) is 0 Å². The maximum atomic E-state index is 10.4. The van der Waals surface area contributed by atoms with Crippen LogP contribution in [0.15, 0.2) is 0 Å². The van der Waals surface area contributed by atoms with E-state index in [0.29, 0.717) is 40.1 Å². The van der Waals surface area contributed by atoms with Crippen LogP contribution in [0.1, 0.15) is 112 Å². The second kappa shape index (κ2) is 9.40. The van der Waals surface area contributed by atoms with E-state index in [4.69, 9.17) is 0 Å². The number of hydrogen-bond acceptors (Lipinski definition) is 3. The summed E-state index contributed by atoms with van der Waals surface area (Å²) >= 11 is 0. The number of fused-ring (bicyclic) bond motifs is 5. The lowest BCUT2D eigenvalue weighted by atomic mass is 9.35. The standard InChI is InChI=1S/C30H54O3/c1-27(2)14-7-15-28(3)25(27)13-17-30(5)26(28)11-10-24-23(12-16-29(24,30)4)22(20-33)9-6-8-21(18-31)19-32/h21-26,31-33H,6-20H2,1-5H3/t22-,23+,24-,25-,26+,28-,29-,30-/m0/s1. The fourth-order valence-electron chi connectivity index (χ4n) is 10.8. The lowest BCUT2D eigenvalue weighted by molar-refractivity contribution is -0.204. The summed E-state index contributed by atoms with van der Waals surface area (Å²) < 4.78 is 0. The molecule has 4 fully saturated rings.